The van der Waals surface area contributed by atoms with Gasteiger partial charge in [-0.25, -0.2) is 0 Å². The Bertz CT molecular complexity index is 687. The van der Waals surface area contributed by atoms with Gasteiger partial charge in [-0.1, -0.05) is 0 Å². The van der Waals surface area contributed by atoms with Gasteiger partial charge in [-0.2, -0.15) is 17.5 Å². The van der Waals surface area contributed by atoms with Crippen LogP contribution in [0, 0.1) is 10.1 Å². The van der Waals surface area contributed by atoms with E-state index < -0.39 is 16.0 Å². The monoisotopic (exact) mass is 334 g/mol. The number of nitro benzene ring substituents is 1. The number of hydrogen-bond donors (Lipinski definition) is 0. The summed E-state index contributed by atoms with van der Waals surface area (Å²) in [5, 5.41) is 10.7. The maximum Gasteiger partial charge on any atom is 0.427 e. The number of nitrogens with zero attached hydrogens (tertiary/aromatic N) is 2. The molecular formula is C12H9F3N2O4S. The molecule has 6 nitrogen and oxygen atoms in total. The van der Waals surface area contributed by atoms with Crippen LogP contribution in [-0.2, 0) is 12.8 Å². The Kier molecular flexibility index (Phi) is 4.50. The van der Waals surface area contributed by atoms with Crippen LogP contribution in [0.15, 0.2) is 24.3 Å². The summed E-state index contributed by atoms with van der Waals surface area (Å²) in [7, 11) is 1.35. The molecule has 1 aromatic heterocycles. The predicted molar refractivity (Wildman–Crippen MR) is 71.1 cm³/mol. The van der Waals surface area contributed by atoms with Gasteiger partial charge in [-0.05, 0) is 23.7 Å². The molecule has 118 valence electrons. The molecule has 2 rings (SSSR count). The average molecular weight is 334 g/mol. The Morgan fingerprint density at radius 1 is 1.32 bits per heavy atom. The van der Waals surface area contributed by atoms with Gasteiger partial charge >= 0.3 is 6.18 Å². The van der Waals surface area contributed by atoms with Gasteiger partial charge in [0.25, 0.3) is 5.69 Å². The molecule has 0 aliphatic heterocycles. The highest BCUT2D eigenvalue weighted by Gasteiger charge is 2.33. The second-order valence-electron chi connectivity index (χ2n) is 4.06. The Morgan fingerprint density at radius 2 is 2.05 bits per heavy atom. The lowest BCUT2D eigenvalue weighted by atomic mass is 10.3. The van der Waals surface area contributed by atoms with E-state index in [9.17, 15) is 23.3 Å². The van der Waals surface area contributed by atoms with E-state index in [2.05, 4.69) is 4.37 Å². The summed E-state index contributed by atoms with van der Waals surface area (Å²) in [4.78, 5) is 9.26. The quantitative estimate of drug-likeness (QED) is 0.616. The zero-order chi connectivity index (χ0) is 16.3. The lowest BCUT2D eigenvalue weighted by Gasteiger charge is -2.09. The maximum absolute atomic E-state index is 12.5. The average Bonchev–Trinajstić information content (AvgIpc) is 2.93. The minimum atomic E-state index is -4.46. The summed E-state index contributed by atoms with van der Waals surface area (Å²) in [6.07, 6.45) is -4.46. The number of hydrogen-bond acceptors (Lipinski definition) is 6. The van der Waals surface area contributed by atoms with Gasteiger partial charge in [0.05, 0.1) is 23.8 Å². The fourth-order valence-corrected chi connectivity index (χ4v) is 2.17. The van der Waals surface area contributed by atoms with Gasteiger partial charge in [0.1, 0.15) is 11.5 Å². The maximum atomic E-state index is 12.5. The molecule has 0 amide bonds. The Labute approximate surface area is 126 Å². The van der Waals surface area contributed by atoms with Crippen LogP contribution in [0.4, 0.5) is 18.9 Å². The molecule has 0 aliphatic rings. The standard InChI is InChI=1S/C12H9F3N2O4S/c1-20-9-3-2-8(17(18)19)5-10(9)21-6-7-4-11(22-16-7)12(13,14)15/h2-5H,6H2,1H3. The van der Waals surface area contributed by atoms with Crippen molar-refractivity contribution in [1.82, 2.24) is 4.37 Å². The van der Waals surface area contributed by atoms with E-state index in [0.29, 0.717) is 11.5 Å². The van der Waals surface area contributed by atoms with Crippen molar-refractivity contribution in [1.29, 1.82) is 0 Å². The third-order valence-electron chi connectivity index (χ3n) is 2.57. The van der Waals surface area contributed by atoms with E-state index in [-0.39, 0.29) is 29.5 Å². The smallest absolute Gasteiger partial charge is 0.427 e. The first-order valence-corrected chi connectivity index (χ1v) is 6.56. The normalized spacial score (nSPS) is 11.3. The van der Waals surface area contributed by atoms with E-state index in [1.807, 2.05) is 0 Å². The van der Waals surface area contributed by atoms with Crippen LogP contribution >= 0.6 is 11.5 Å². The van der Waals surface area contributed by atoms with Gasteiger partial charge in [0.15, 0.2) is 11.5 Å². The molecule has 0 radical (unpaired) electrons. The fraction of sp³-hybridized carbons (Fsp3) is 0.250. The zero-order valence-corrected chi connectivity index (χ0v) is 11.9. The molecule has 0 atom stereocenters. The molecule has 0 unspecified atom stereocenters. The highest BCUT2D eigenvalue weighted by molar-refractivity contribution is 7.05. The molecule has 10 heteroatoms. The van der Waals surface area contributed by atoms with Crippen LogP contribution in [0.5, 0.6) is 11.5 Å². The SMILES string of the molecule is COc1ccc([N+](=O)[O-])cc1OCc1cc(C(F)(F)F)sn1. The number of non-ortho nitro benzene ring substituents is 1. The van der Waals surface area contributed by atoms with Crippen molar-refractivity contribution in [2.24, 2.45) is 0 Å². The van der Waals surface area contributed by atoms with E-state index >= 15 is 0 Å². The number of methoxy groups -OCH3 is 1. The third kappa shape index (κ3) is 3.64. The molecule has 22 heavy (non-hydrogen) atoms. The molecule has 2 aromatic rings. The molecule has 1 aromatic carbocycles. The molecule has 0 aliphatic carbocycles. The number of aromatic nitrogens is 1. The van der Waals surface area contributed by atoms with Crippen molar-refractivity contribution in [3.05, 3.63) is 45.0 Å². The summed E-state index contributed by atoms with van der Waals surface area (Å²) >= 11 is 0.315. The molecule has 0 saturated heterocycles. The van der Waals surface area contributed by atoms with Crippen molar-refractivity contribution in [2.45, 2.75) is 12.8 Å². The highest BCUT2D eigenvalue weighted by atomic mass is 32.1. The Hall–Kier alpha value is -2.36. The number of nitro groups is 1. The van der Waals surface area contributed by atoms with Crippen molar-refractivity contribution in [3.63, 3.8) is 0 Å². The van der Waals surface area contributed by atoms with Crippen molar-refractivity contribution >= 4 is 17.2 Å². The zero-order valence-electron chi connectivity index (χ0n) is 11.1. The number of rotatable bonds is 5. The van der Waals surface area contributed by atoms with Crippen LogP contribution in [0.25, 0.3) is 0 Å². The van der Waals surface area contributed by atoms with Crippen LogP contribution < -0.4 is 9.47 Å². The largest absolute Gasteiger partial charge is 0.493 e. The molecule has 0 spiro atoms. The number of ether oxygens (including phenoxy) is 2. The number of halogens is 3. The van der Waals surface area contributed by atoms with Gasteiger partial charge < -0.3 is 9.47 Å². The second-order valence-corrected chi connectivity index (χ2v) is 4.87. The van der Waals surface area contributed by atoms with E-state index in [4.69, 9.17) is 9.47 Å². The summed E-state index contributed by atoms with van der Waals surface area (Å²) < 4.78 is 51.3. The molecule has 0 saturated carbocycles. The lowest BCUT2D eigenvalue weighted by Crippen LogP contribution is -2.02. The Morgan fingerprint density at radius 3 is 2.59 bits per heavy atom. The van der Waals surface area contributed by atoms with Crippen LogP contribution in [0.2, 0.25) is 0 Å². The second kappa shape index (κ2) is 6.18. The van der Waals surface area contributed by atoms with E-state index in [0.717, 1.165) is 12.1 Å². The minimum Gasteiger partial charge on any atom is -0.493 e. The van der Waals surface area contributed by atoms with Crippen LogP contribution in [-0.4, -0.2) is 16.4 Å². The van der Waals surface area contributed by atoms with Crippen LogP contribution in [0.1, 0.15) is 10.6 Å². The van der Waals surface area contributed by atoms with Gasteiger partial charge in [-0.15, -0.1) is 0 Å². The van der Waals surface area contributed by atoms with E-state index in [1.54, 1.807) is 0 Å². The first-order chi connectivity index (χ1) is 10.3. The number of benzene rings is 1. The summed E-state index contributed by atoms with van der Waals surface area (Å²) in [6, 6.07) is 4.58. The summed E-state index contributed by atoms with van der Waals surface area (Å²) in [6.45, 7) is -0.260. The first-order valence-electron chi connectivity index (χ1n) is 5.79. The lowest BCUT2D eigenvalue weighted by molar-refractivity contribution is -0.385. The highest BCUT2D eigenvalue weighted by Crippen LogP contribution is 2.34. The van der Waals surface area contributed by atoms with Crippen molar-refractivity contribution in [2.75, 3.05) is 7.11 Å². The summed E-state index contributed by atoms with van der Waals surface area (Å²) in [5.74, 6) is 0.287. The van der Waals surface area contributed by atoms with E-state index in [1.165, 1.54) is 19.2 Å². The van der Waals surface area contributed by atoms with Crippen molar-refractivity contribution in [3.8, 4) is 11.5 Å². The van der Waals surface area contributed by atoms with Gasteiger partial charge in [0.2, 0.25) is 0 Å². The predicted octanol–water partition coefficient (Wildman–Crippen LogP) is 3.66. The molecule has 0 N–H and O–H groups in total. The van der Waals surface area contributed by atoms with Crippen molar-refractivity contribution < 1.29 is 27.6 Å². The molecule has 0 bridgehead atoms. The topological polar surface area (TPSA) is 74.5 Å². The molecular weight excluding hydrogens is 325 g/mol. The minimum absolute atomic E-state index is 0.0539. The summed E-state index contributed by atoms with van der Waals surface area (Å²) in [5.41, 5.74) is -0.143. The van der Waals surface area contributed by atoms with Crippen LogP contribution in [0.3, 0.4) is 0 Å². The third-order valence-corrected chi connectivity index (χ3v) is 3.44. The number of alkyl halides is 3. The Balaban J connectivity index is 2.15. The molecule has 1 heterocycles. The van der Waals surface area contributed by atoms with Gasteiger partial charge in [-0.3, -0.25) is 10.1 Å². The molecule has 0 fully saturated rings. The first kappa shape index (κ1) is 16.0. The van der Waals surface area contributed by atoms with Gasteiger partial charge in [0, 0.05) is 6.07 Å². The fourth-order valence-electron chi connectivity index (χ4n) is 1.56.